The zero-order valence-corrected chi connectivity index (χ0v) is 20.9. The minimum Gasteiger partial charge on any atom is -0.272 e. The molecule has 0 bridgehead atoms. The van der Waals surface area contributed by atoms with Crippen LogP contribution in [0, 0.1) is 6.92 Å². The first-order chi connectivity index (χ1) is 15.2. The van der Waals surface area contributed by atoms with Gasteiger partial charge in [0.2, 0.25) is 20.0 Å². The predicted molar refractivity (Wildman–Crippen MR) is 124 cm³/mol. The highest BCUT2D eigenvalue weighted by Crippen LogP contribution is 2.24. The van der Waals surface area contributed by atoms with Crippen molar-refractivity contribution in [1.29, 1.82) is 0 Å². The maximum Gasteiger partial charge on any atom is 0.256 e. The van der Waals surface area contributed by atoms with Gasteiger partial charge >= 0.3 is 0 Å². The summed E-state index contributed by atoms with van der Waals surface area (Å²) < 4.78 is 52.8. The average Bonchev–Trinajstić information content (AvgIpc) is 2.73. The van der Waals surface area contributed by atoms with E-state index < -0.39 is 44.4 Å². The largest absolute Gasteiger partial charge is 0.272 e. The summed E-state index contributed by atoms with van der Waals surface area (Å²) in [6, 6.07) is 8.45. The van der Waals surface area contributed by atoms with E-state index in [0.29, 0.717) is 0 Å². The van der Waals surface area contributed by atoms with Crippen molar-refractivity contribution in [3.8, 4) is 0 Å². The summed E-state index contributed by atoms with van der Waals surface area (Å²) in [7, 11) is -6.81. The fraction of sp³-hybridized carbons (Fsp3) is 0.263. The Bertz CT molecular complexity index is 1250. The van der Waals surface area contributed by atoms with Crippen LogP contribution in [-0.4, -0.2) is 52.6 Å². The van der Waals surface area contributed by atoms with Crippen LogP contribution in [0.1, 0.15) is 12.5 Å². The van der Waals surface area contributed by atoms with Crippen molar-refractivity contribution in [2.45, 2.75) is 29.7 Å². The second-order valence-corrected chi connectivity index (χ2v) is 11.6. The van der Waals surface area contributed by atoms with E-state index in [2.05, 4.69) is 10.1 Å². The number of hydrogen-bond acceptors (Lipinski definition) is 6. The lowest BCUT2D eigenvalue weighted by atomic mass is 10.2. The number of benzene rings is 2. The molecule has 0 heterocycles. The number of amides is 2. The normalized spacial score (nSPS) is 12.9. The van der Waals surface area contributed by atoms with Crippen LogP contribution in [0.2, 0.25) is 10.0 Å². The average molecular weight is 537 g/mol. The third-order valence-electron chi connectivity index (χ3n) is 4.35. The van der Waals surface area contributed by atoms with E-state index in [4.69, 9.17) is 23.2 Å². The van der Waals surface area contributed by atoms with Crippen molar-refractivity contribution in [2.24, 2.45) is 0 Å². The van der Waals surface area contributed by atoms with E-state index in [1.807, 2.05) is 12.3 Å². The number of nitrogens with one attached hydrogen (secondary N) is 3. The number of sulfonamides is 2. The molecule has 180 valence electrons. The Kier molecular flexibility index (Phi) is 8.85. The van der Waals surface area contributed by atoms with Gasteiger partial charge in [0.05, 0.1) is 32.4 Å². The molecule has 0 aromatic heterocycles. The molecule has 0 fully saturated rings. The minimum absolute atomic E-state index is 0.0118. The maximum absolute atomic E-state index is 12.5. The standard InChI is InChI=1S/C19H22Cl2N4O6S2/c1-12-4-6-14(7-5-12)33(30,31)25(3)11-18(26)22-23-19(27)13(2)24-32(28,29)15-8-9-16(20)17(21)10-15/h4-10,13,24H,11H2,1-3H3,(H,22,26)(H,23,27)/t13-/m0/s1. The molecule has 2 rings (SSSR count). The van der Waals surface area contributed by atoms with Crippen molar-refractivity contribution >= 4 is 55.1 Å². The summed E-state index contributed by atoms with van der Waals surface area (Å²) in [6.07, 6.45) is 0. The molecule has 3 N–H and O–H groups in total. The number of halogens is 2. The molecule has 1 atom stereocenters. The first-order valence-electron chi connectivity index (χ1n) is 9.33. The fourth-order valence-corrected chi connectivity index (χ4v) is 5.17. The molecule has 2 aromatic carbocycles. The summed E-state index contributed by atoms with van der Waals surface area (Å²) in [5, 5.41) is 0.187. The molecule has 33 heavy (non-hydrogen) atoms. The van der Waals surface area contributed by atoms with Gasteiger partial charge in [-0.15, -0.1) is 0 Å². The summed E-state index contributed by atoms with van der Waals surface area (Å²) in [5.41, 5.74) is 4.97. The summed E-state index contributed by atoms with van der Waals surface area (Å²) in [4.78, 5) is 24.1. The third kappa shape index (κ3) is 7.13. The smallest absolute Gasteiger partial charge is 0.256 e. The van der Waals surface area contributed by atoms with Gasteiger partial charge in [0.1, 0.15) is 0 Å². The lowest BCUT2D eigenvalue weighted by Crippen LogP contribution is -2.52. The highest BCUT2D eigenvalue weighted by molar-refractivity contribution is 7.89. The fourth-order valence-electron chi connectivity index (χ4n) is 2.45. The number of likely N-dealkylation sites (N-methyl/N-ethyl adjacent to an activating group) is 1. The topological polar surface area (TPSA) is 142 Å². The predicted octanol–water partition coefficient (Wildman–Crippen LogP) is 1.44. The van der Waals surface area contributed by atoms with Crippen LogP contribution in [-0.2, 0) is 29.6 Å². The number of hydrogen-bond donors (Lipinski definition) is 3. The summed E-state index contributed by atoms with van der Waals surface area (Å²) in [5.74, 6) is -1.71. The molecule has 0 unspecified atom stereocenters. The van der Waals surface area contributed by atoms with Gasteiger partial charge in [0.15, 0.2) is 0 Å². The molecule has 0 aliphatic rings. The number of carbonyl (C=O) groups is 2. The first-order valence-corrected chi connectivity index (χ1v) is 13.0. The summed E-state index contributed by atoms with van der Waals surface area (Å²) in [6.45, 7) is 2.48. The highest BCUT2D eigenvalue weighted by atomic mass is 35.5. The zero-order chi connectivity index (χ0) is 25.0. The van der Waals surface area contributed by atoms with Crippen molar-refractivity contribution in [2.75, 3.05) is 13.6 Å². The Labute approximate surface area is 202 Å². The highest BCUT2D eigenvalue weighted by Gasteiger charge is 2.25. The zero-order valence-electron chi connectivity index (χ0n) is 17.8. The molecule has 0 aliphatic carbocycles. The molecular formula is C19H22Cl2N4O6S2. The molecule has 2 aromatic rings. The van der Waals surface area contributed by atoms with Gasteiger partial charge in [0.25, 0.3) is 11.8 Å². The molecule has 0 radical (unpaired) electrons. The van der Waals surface area contributed by atoms with Crippen LogP contribution in [0.15, 0.2) is 52.3 Å². The molecule has 0 spiro atoms. The number of hydrazine groups is 1. The molecular weight excluding hydrogens is 515 g/mol. The lowest BCUT2D eigenvalue weighted by Gasteiger charge is -2.18. The van der Waals surface area contributed by atoms with E-state index in [1.165, 1.54) is 38.2 Å². The van der Waals surface area contributed by atoms with Gasteiger partial charge in [0, 0.05) is 7.05 Å². The molecule has 14 heteroatoms. The van der Waals surface area contributed by atoms with Crippen LogP contribution in [0.4, 0.5) is 0 Å². The molecule has 10 nitrogen and oxygen atoms in total. The number of aryl methyl sites for hydroxylation is 1. The Morgan fingerprint density at radius 3 is 2.09 bits per heavy atom. The Morgan fingerprint density at radius 2 is 1.52 bits per heavy atom. The second-order valence-electron chi connectivity index (χ2n) is 7.03. The van der Waals surface area contributed by atoms with Crippen LogP contribution in [0.5, 0.6) is 0 Å². The van der Waals surface area contributed by atoms with Gasteiger partial charge in [-0.1, -0.05) is 40.9 Å². The first kappa shape index (κ1) is 27.0. The van der Waals surface area contributed by atoms with E-state index in [9.17, 15) is 26.4 Å². The quantitative estimate of drug-likeness (QED) is 0.435. The molecule has 0 saturated carbocycles. The Balaban J connectivity index is 1.93. The van der Waals surface area contributed by atoms with Crippen molar-refractivity contribution < 1.29 is 26.4 Å². The Hall–Kier alpha value is -2.22. The van der Waals surface area contributed by atoms with Gasteiger partial charge in [-0.25, -0.2) is 16.8 Å². The summed E-state index contributed by atoms with van der Waals surface area (Å²) >= 11 is 11.6. The SMILES string of the molecule is Cc1ccc(S(=O)(=O)N(C)CC(=O)NNC(=O)[C@H](C)NS(=O)(=O)c2ccc(Cl)c(Cl)c2)cc1. The van der Waals surface area contributed by atoms with Gasteiger partial charge in [-0.05, 0) is 44.2 Å². The number of nitrogens with zero attached hydrogens (tertiary/aromatic N) is 1. The number of carbonyl (C=O) groups excluding carboxylic acids is 2. The van der Waals surface area contributed by atoms with E-state index in [0.717, 1.165) is 15.9 Å². The van der Waals surface area contributed by atoms with Gasteiger partial charge in [-0.2, -0.15) is 9.03 Å². The minimum atomic E-state index is -4.11. The maximum atomic E-state index is 12.5. The van der Waals surface area contributed by atoms with Gasteiger partial charge in [-0.3, -0.25) is 20.4 Å². The second kappa shape index (κ2) is 10.8. The van der Waals surface area contributed by atoms with Crippen molar-refractivity contribution in [1.82, 2.24) is 19.9 Å². The molecule has 0 aliphatic heterocycles. The molecule has 0 saturated heterocycles. The van der Waals surface area contributed by atoms with Crippen LogP contribution >= 0.6 is 23.2 Å². The van der Waals surface area contributed by atoms with Crippen LogP contribution in [0.3, 0.4) is 0 Å². The Morgan fingerprint density at radius 1 is 0.939 bits per heavy atom. The van der Waals surface area contributed by atoms with E-state index in [-0.39, 0.29) is 19.8 Å². The van der Waals surface area contributed by atoms with Crippen molar-refractivity contribution in [3.05, 3.63) is 58.1 Å². The van der Waals surface area contributed by atoms with Crippen LogP contribution in [0.25, 0.3) is 0 Å². The molecule has 2 amide bonds. The third-order valence-corrected chi connectivity index (χ3v) is 8.44. The van der Waals surface area contributed by atoms with E-state index in [1.54, 1.807) is 12.1 Å². The van der Waals surface area contributed by atoms with Crippen LogP contribution < -0.4 is 15.6 Å². The lowest BCUT2D eigenvalue weighted by molar-refractivity contribution is -0.129. The monoisotopic (exact) mass is 536 g/mol. The number of rotatable bonds is 8. The van der Waals surface area contributed by atoms with Gasteiger partial charge < -0.3 is 0 Å². The van der Waals surface area contributed by atoms with Crippen molar-refractivity contribution in [3.63, 3.8) is 0 Å². The van der Waals surface area contributed by atoms with E-state index >= 15 is 0 Å².